The Morgan fingerprint density at radius 3 is 2.69 bits per heavy atom. The molecule has 0 radical (unpaired) electrons. The summed E-state index contributed by atoms with van der Waals surface area (Å²) < 4.78 is 4.86. The molecule has 2 atom stereocenters. The fraction of sp³-hybridized carbons (Fsp3) is 0.846. The van der Waals surface area contributed by atoms with Crippen LogP contribution in [0.25, 0.3) is 0 Å². The SMILES string of the molecule is CCCC[C@@H]1CC(=O)[C@H]1CCCOC(C)=O. The molecule has 0 aliphatic heterocycles. The van der Waals surface area contributed by atoms with Gasteiger partial charge >= 0.3 is 5.97 Å². The van der Waals surface area contributed by atoms with E-state index in [9.17, 15) is 9.59 Å². The van der Waals surface area contributed by atoms with Gasteiger partial charge in [-0.1, -0.05) is 19.8 Å². The van der Waals surface area contributed by atoms with Crippen LogP contribution in [0.5, 0.6) is 0 Å². The fourth-order valence-electron chi connectivity index (χ4n) is 2.34. The molecule has 0 aromatic rings. The number of unbranched alkanes of at least 4 members (excludes halogenated alkanes) is 1. The van der Waals surface area contributed by atoms with Gasteiger partial charge < -0.3 is 4.74 Å². The van der Waals surface area contributed by atoms with E-state index in [1.54, 1.807) is 0 Å². The lowest BCUT2D eigenvalue weighted by molar-refractivity contribution is -0.141. The standard InChI is InChI=1S/C13H22O3/c1-3-4-6-11-9-13(15)12(11)7-5-8-16-10(2)14/h11-12H,3-9H2,1-2H3/t11-,12+/m1/s1. The van der Waals surface area contributed by atoms with Gasteiger partial charge in [0.1, 0.15) is 5.78 Å². The molecular formula is C13H22O3. The summed E-state index contributed by atoms with van der Waals surface area (Å²) in [5.41, 5.74) is 0. The molecule has 16 heavy (non-hydrogen) atoms. The Balaban J connectivity index is 2.14. The van der Waals surface area contributed by atoms with Crippen LogP contribution < -0.4 is 0 Å². The van der Waals surface area contributed by atoms with Crippen LogP contribution in [0, 0.1) is 11.8 Å². The largest absolute Gasteiger partial charge is 0.466 e. The summed E-state index contributed by atoms with van der Waals surface area (Å²) in [4.78, 5) is 22.0. The first-order valence-electron chi connectivity index (χ1n) is 6.31. The molecular weight excluding hydrogens is 204 g/mol. The highest BCUT2D eigenvalue weighted by Crippen LogP contribution is 2.37. The molecule has 92 valence electrons. The Hall–Kier alpha value is -0.860. The number of rotatable bonds is 7. The summed E-state index contributed by atoms with van der Waals surface area (Å²) in [5.74, 6) is 1.03. The van der Waals surface area contributed by atoms with Crippen molar-refractivity contribution in [3.63, 3.8) is 0 Å². The zero-order chi connectivity index (χ0) is 12.0. The van der Waals surface area contributed by atoms with E-state index in [0.29, 0.717) is 18.3 Å². The second-order valence-electron chi connectivity index (χ2n) is 4.66. The molecule has 1 fully saturated rings. The number of hydrogen-bond acceptors (Lipinski definition) is 3. The quantitative estimate of drug-likeness (QED) is 0.495. The lowest BCUT2D eigenvalue weighted by Crippen LogP contribution is -2.37. The Bertz CT molecular complexity index is 248. The zero-order valence-corrected chi connectivity index (χ0v) is 10.3. The van der Waals surface area contributed by atoms with Crippen molar-refractivity contribution in [2.75, 3.05) is 6.61 Å². The topological polar surface area (TPSA) is 43.4 Å². The van der Waals surface area contributed by atoms with E-state index in [1.165, 1.54) is 26.2 Å². The van der Waals surface area contributed by atoms with E-state index < -0.39 is 0 Å². The first-order valence-corrected chi connectivity index (χ1v) is 6.31. The maximum absolute atomic E-state index is 11.4. The first kappa shape index (κ1) is 13.2. The van der Waals surface area contributed by atoms with Crippen LogP contribution in [-0.2, 0) is 14.3 Å². The van der Waals surface area contributed by atoms with Crippen LogP contribution >= 0.6 is 0 Å². The number of ether oxygens (including phenoxy) is 1. The van der Waals surface area contributed by atoms with E-state index in [4.69, 9.17) is 4.74 Å². The summed E-state index contributed by atoms with van der Waals surface area (Å²) in [7, 11) is 0. The smallest absolute Gasteiger partial charge is 0.302 e. The lowest BCUT2D eigenvalue weighted by atomic mass is 9.68. The predicted molar refractivity (Wildman–Crippen MR) is 62.0 cm³/mol. The number of Topliss-reactive ketones (excluding diaryl/α,β-unsaturated/α-hetero) is 1. The number of carbonyl (C=O) groups excluding carboxylic acids is 2. The van der Waals surface area contributed by atoms with Crippen molar-refractivity contribution >= 4 is 11.8 Å². The maximum Gasteiger partial charge on any atom is 0.302 e. The third-order valence-electron chi connectivity index (χ3n) is 3.34. The van der Waals surface area contributed by atoms with Crippen molar-refractivity contribution in [1.82, 2.24) is 0 Å². The third-order valence-corrected chi connectivity index (χ3v) is 3.34. The molecule has 1 saturated carbocycles. The number of hydrogen-bond donors (Lipinski definition) is 0. The first-order chi connectivity index (χ1) is 7.65. The minimum atomic E-state index is -0.234. The molecule has 0 spiro atoms. The minimum Gasteiger partial charge on any atom is -0.466 e. The average molecular weight is 226 g/mol. The van der Waals surface area contributed by atoms with E-state index in [2.05, 4.69) is 6.92 Å². The number of carbonyl (C=O) groups is 2. The van der Waals surface area contributed by atoms with Gasteiger partial charge in [-0.15, -0.1) is 0 Å². The second kappa shape index (κ2) is 6.66. The van der Waals surface area contributed by atoms with E-state index in [-0.39, 0.29) is 11.9 Å². The lowest BCUT2D eigenvalue weighted by Gasteiger charge is -2.35. The van der Waals surface area contributed by atoms with Gasteiger partial charge in [0, 0.05) is 19.3 Å². The van der Waals surface area contributed by atoms with Crippen LogP contribution in [0.2, 0.25) is 0 Å². The van der Waals surface area contributed by atoms with Crippen molar-refractivity contribution in [3.05, 3.63) is 0 Å². The van der Waals surface area contributed by atoms with Crippen LogP contribution in [0.3, 0.4) is 0 Å². The molecule has 3 heteroatoms. The monoisotopic (exact) mass is 226 g/mol. The van der Waals surface area contributed by atoms with Gasteiger partial charge in [0.2, 0.25) is 0 Å². The van der Waals surface area contributed by atoms with E-state index in [1.807, 2.05) is 0 Å². The number of ketones is 1. The van der Waals surface area contributed by atoms with Gasteiger partial charge in [-0.3, -0.25) is 9.59 Å². The molecule has 0 heterocycles. The van der Waals surface area contributed by atoms with Crippen molar-refractivity contribution < 1.29 is 14.3 Å². The van der Waals surface area contributed by atoms with Crippen molar-refractivity contribution in [1.29, 1.82) is 0 Å². The average Bonchev–Trinajstić information content (AvgIpc) is 2.23. The van der Waals surface area contributed by atoms with Gasteiger partial charge in [-0.05, 0) is 25.2 Å². The van der Waals surface area contributed by atoms with Crippen LogP contribution in [-0.4, -0.2) is 18.4 Å². The molecule has 0 aromatic heterocycles. The molecule has 0 amide bonds. The molecule has 3 nitrogen and oxygen atoms in total. The molecule has 1 aliphatic rings. The third kappa shape index (κ3) is 3.95. The summed E-state index contributed by atoms with van der Waals surface area (Å²) in [6.07, 6.45) is 6.08. The van der Waals surface area contributed by atoms with Crippen LogP contribution in [0.15, 0.2) is 0 Å². The summed E-state index contributed by atoms with van der Waals surface area (Å²) in [6.45, 7) is 4.05. The fourth-order valence-corrected chi connectivity index (χ4v) is 2.34. The van der Waals surface area contributed by atoms with Gasteiger partial charge in [0.15, 0.2) is 0 Å². The Kier molecular flexibility index (Phi) is 5.50. The highest BCUT2D eigenvalue weighted by Gasteiger charge is 2.37. The molecule has 0 aromatic carbocycles. The van der Waals surface area contributed by atoms with Crippen molar-refractivity contribution in [2.24, 2.45) is 11.8 Å². The highest BCUT2D eigenvalue weighted by atomic mass is 16.5. The second-order valence-corrected chi connectivity index (χ2v) is 4.66. The molecule has 0 bridgehead atoms. The molecule has 0 unspecified atom stereocenters. The molecule has 1 aliphatic carbocycles. The van der Waals surface area contributed by atoms with Crippen LogP contribution in [0.1, 0.15) is 52.4 Å². The zero-order valence-electron chi connectivity index (χ0n) is 10.3. The minimum absolute atomic E-state index is 0.234. The summed E-state index contributed by atoms with van der Waals surface area (Å²) >= 11 is 0. The van der Waals surface area contributed by atoms with Gasteiger partial charge in [-0.25, -0.2) is 0 Å². The van der Waals surface area contributed by atoms with Gasteiger partial charge in [-0.2, -0.15) is 0 Å². The number of esters is 1. The van der Waals surface area contributed by atoms with Crippen LogP contribution in [0.4, 0.5) is 0 Å². The summed E-state index contributed by atoms with van der Waals surface area (Å²) in [5, 5.41) is 0. The highest BCUT2D eigenvalue weighted by molar-refractivity contribution is 5.87. The van der Waals surface area contributed by atoms with Gasteiger partial charge in [0.25, 0.3) is 0 Å². The Labute approximate surface area is 97.5 Å². The van der Waals surface area contributed by atoms with Crippen molar-refractivity contribution in [2.45, 2.75) is 52.4 Å². The molecule has 0 saturated heterocycles. The van der Waals surface area contributed by atoms with Gasteiger partial charge in [0.05, 0.1) is 6.61 Å². The Morgan fingerprint density at radius 2 is 2.12 bits per heavy atom. The van der Waals surface area contributed by atoms with Crippen molar-refractivity contribution in [3.8, 4) is 0 Å². The maximum atomic E-state index is 11.4. The molecule has 1 rings (SSSR count). The van der Waals surface area contributed by atoms with E-state index >= 15 is 0 Å². The van der Waals surface area contributed by atoms with E-state index in [0.717, 1.165) is 19.3 Å². The summed E-state index contributed by atoms with van der Waals surface area (Å²) in [6, 6.07) is 0. The normalized spacial score (nSPS) is 24.0. The molecule has 0 N–H and O–H groups in total. The Morgan fingerprint density at radius 1 is 1.38 bits per heavy atom. The predicted octanol–water partition coefficient (Wildman–Crippen LogP) is 2.73.